The number of nitrogens with zero attached hydrogens (tertiary/aromatic N) is 1. The highest BCUT2D eigenvalue weighted by atomic mass is 32.2. The van der Waals surface area contributed by atoms with Crippen molar-refractivity contribution >= 4 is 29.1 Å². The first-order valence-corrected chi connectivity index (χ1v) is 7.55. The van der Waals surface area contributed by atoms with E-state index in [1.165, 1.54) is 21.8 Å². The van der Waals surface area contributed by atoms with E-state index in [-0.39, 0.29) is 0 Å². The van der Waals surface area contributed by atoms with E-state index in [2.05, 4.69) is 24.0 Å². The molecule has 19 heavy (non-hydrogen) atoms. The van der Waals surface area contributed by atoms with Crippen LogP contribution >= 0.6 is 23.1 Å². The van der Waals surface area contributed by atoms with E-state index in [9.17, 15) is 4.79 Å². The maximum Gasteiger partial charge on any atom is 0.326 e. The fraction of sp³-hybridized carbons (Fsp3) is 0.231. The molecule has 2 rings (SSSR count). The summed E-state index contributed by atoms with van der Waals surface area (Å²) in [5, 5.41) is 11.4. The lowest BCUT2D eigenvalue weighted by Gasteiger charge is -2.03. The van der Waals surface area contributed by atoms with Gasteiger partial charge in [-0.15, -0.1) is 23.1 Å². The van der Waals surface area contributed by atoms with Crippen LogP contribution in [0.25, 0.3) is 0 Å². The number of nitrogens with two attached hydrogens (primary N) is 1. The van der Waals surface area contributed by atoms with Crippen LogP contribution in [-0.2, 0) is 10.5 Å². The number of hydrogen-bond acceptors (Lipinski definition) is 5. The highest BCUT2D eigenvalue weighted by Gasteiger charge is 2.17. The van der Waals surface area contributed by atoms with Crippen molar-refractivity contribution in [1.29, 1.82) is 0 Å². The fourth-order valence-corrected chi connectivity index (χ4v) is 3.40. The summed E-state index contributed by atoms with van der Waals surface area (Å²) in [7, 11) is 0. The number of rotatable bonds is 5. The van der Waals surface area contributed by atoms with Crippen molar-refractivity contribution in [3.63, 3.8) is 0 Å². The third kappa shape index (κ3) is 3.56. The summed E-state index contributed by atoms with van der Waals surface area (Å²) in [5.74, 6) is -0.328. The summed E-state index contributed by atoms with van der Waals surface area (Å²) in [5.41, 5.74) is 7.18. The van der Waals surface area contributed by atoms with Crippen LogP contribution in [0.1, 0.15) is 22.3 Å². The number of aliphatic carboxylic acids is 1. The zero-order valence-electron chi connectivity index (χ0n) is 10.4. The lowest BCUT2D eigenvalue weighted by molar-refractivity contribution is -0.138. The van der Waals surface area contributed by atoms with Crippen LogP contribution < -0.4 is 5.73 Å². The molecule has 1 aromatic carbocycles. The van der Waals surface area contributed by atoms with Crippen LogP contribution in [0, 0.1) is 6.92 Å². The Labute approximate surface area is 119 Å². The predicted molar refractivity (Wildman–Crippen MR) is 77.4 cm³/mol. The number of thiazole rings is 1. The highest BCUT2D eigenvalue weighted by Crippen LogP contribution is 2.27. The molecule has 0 saturated heterocycles. The molecule has 1 aromatic heterocycles. The lowest BCUT2D eigenvalue weighted by atomic mass is 10.2. The number of carbonyl (C=O) groups is 1. The fourth-order valence-electron chi connectivity index (χ4n) is 1.52. The third-order valence-corrected chi connectivity index (χ3v) is 4.84. The molecular formula is C13H14N2O2S2. The zero-order valence-corrected chi connectivity index (χ0v) is 12.0. The quantitative estimate of drug-likeness (QED) is 0.829. The molecule has 0 fully saturated rings. The van der Waals surface area contributed by atoms with E-state index in [0.717, 1.165) is 10.8 Å². The second kappa shape index (κ2) is 6.18. The first-order chi connectivity index (χ1) is 9.08. The number of aryl methyl sites for hydroxylation is 1. The minimum atomic E-state index is -1.05. The summed E-state index contributed by atoms with van der Waals surface area (Å²) in [4.78, 5) is 16.2. The summed E-state index contributed by atoms with van der Waals surface area (Å²) in [6.45, 7) is 2.07. The first kappa shape index (κ1) is 14.0. The van der Waals surface area contributed by atoms with Gasteiger partial charge in [-0.3, -0.25) is 4.79 Å². The van der Waals surface area contributed by atoms with Crippen molar-refractivity contribution in [3.8, 4) is 0 Å². The average Bonchev–Trinajstić information content (AvgIpc) is 2.85. The second-order valence-corrected chi connectivity index (χ2v) is 6.00. The van der Waals surface area contributed by atoms with Crippen LogP contribution in [0.2, 0.25) is 0 Å². The molecule has 100 valence electrons. The molecule has 1 unspecified atom stereocenters. The summed E-state index contributed by atoms with van der Waals surface area (Å²) in [6.07, 6.45) is 0. The van der Waals surface area contributed by atoms with Crippen LogP contribution in [0.5, 0.6) is 0 Å². The average molecular weight is 294 g/mol. The Balaban J connectivity index is 2.01. The Bertz CT molecular complexity index is 584. The second-order valence-electron chi connectivity index (χ2n) is 4.04. The summed E-state index contributed by atoms with van der Waals surface area (Å²) < 4.78 is 0. The van der Waals surface area contributed by atoms with E-state index in [1.54, 1.807) is 17.1 Å². The molecule has 2 aromatic rings. The predicted octanol–water partition coefficient (Wildman–Crippen LogP) is 2.83. The van der Waals surface area contributed by atoms with Crippen molar-refractivity contribution in [2.75, 3.05) is 0 Å². The number of thioether (sulfide) groups is 1. The Morgan fingerprint density at radius 2 is 2.26 bits per heavy atom. The molecule has 0 saturated carbocycles. The smallest absolute Gasteiger partial charge is 0.326 e. The standard InChI is InChI=1S/C13H14N2O2S2/c1-8-4-2-3-5-10(8)18-7-11-15-9(6-19-11)12(14)13(16)17/h2-6,12H,7,14H2,1H3,(H,16,17). The molecule has 0 spiro atoms. The molecule has 1 heterocycles. The maximum absolute atomic E-state index is 10.8. The topological polar surface area (TPSA) is 76.2 Å². The molecule has 6 heteroatoms. The molecule has 0 aliphatic heterocycles. The van der Waals surface area contributed by atoms with Gasteiger partial charge in [-0.2, -0.15) is 0 Å². The SMILES string of the molecule is Cc1ccccc1SCc1nc(C(N)C(=O)O)cs1. The normalized spacial score (nSPS) is 12.3. The molecule has 0 aliphatic rings. The largest absolute Gasteiger partial charge is 0.480 e. The van der Waals surface area contributed by atoms with Gasteiger partial charge in [0.15, 0.2) is 0 Å². The first-order valence-electron chi connectivity index (χ1n) is 5.69. The molecule has 0 aliphatic carbocycles. The molecule has 0 bridgehead atoms. The summed E-state index contributed by atoms with van der Waals surface area (Å²) >= 11 is 3.14. The lowest BCUT2D eigenvalue weighted by Crippen LogP contribution is -2.20. The number of carboxylic acids is 1. The van der Waals surface area contributed by atoms with Gasteiger partial charge in [-0.1, -0.05) is 18.2 Å². The minimum Gasteiger partial charge on any atom is -0.480 e. The number of aromatic nitrogens is 1. The molecule has 0 amide bonds. The van der Waals surface area contributed by atoms with Gasteiger partial charge >= 0.3 is 5.97 Å². The van der Waals surface area contributed by atoms with Gasteiger partial charge < -0.3 is 10.8 Å². The van der Waals surface area contributed by atoms with E-state index < -0.39 is 12.0 Å². The Morgan fingerprint density at radius 3 is 2.95 bits per heavy atom. The maximum atomic E-state index is 10.8. The Kier molecular flexibility index (Phi) is 4.57. The van der Waals surface area contributed by atoms with Crippen LogP contribution in [0.15, 0.2) is 34.5 Å². The van der Waals surface area contributed by atoms with Crippen LogP contribution in [-0.4, -0.2) is 16.1 Å². The third-order valence-electron chi connectivity index (χ3n) is 2.60. The van der Waals surface area contributed by atoms with Gasteiger partial charge in [-0.05, 0) is 18.6 Å². The van der Waals surface area contributed by atoms with Crippen molar-refractivity contribution in [1.82, 2.24) is 4.98 Å². The Hall–Kier alpha value is -1.37. The van der Waals surface area contributed by atoms with Gasteiger partial charge in [0.05, 0.1) is 11.4 Å². The number of carboxylic acid groups (broad SMARTS) is 1. The molecule has 1 atom stereocenters. The number of benzene rings is 1. The van der Waals surface area contributed by atoms with E-state index in [1.807, 2.05) is 12.1 Å². The molecule has 0 radical (unpaired) electrons. The van der Waals surface area contributed by atoms with Crippen LogP contribution in [0.4, 0.5) is 0 Å². The molecule has 3 N–H and O–H groups in total. The Morgan fingerprint density at radius 1 is 1.53 bits per heavy atom. The van der Waals surface area contributed by atoms with Gasteiger partial charge in [0, 0.05) is 10.3 Å². The van der Waals surface area contributed by atoms with Gasteiger partial charge in [0.1, 0.15) is 11.0 Å². The van der Waals surface area contributed by atoms with E-state index in [0.29, 0.717) is 5.69 Å². The highest BCUT2D eigenvalue weighted by molar-refractivity contribution is 7.98. The van der Waals surface area contributed by atoms with Crippen molar-refractivity contribution in [3.05, 3.63) is 45.9 Å². The number of hydrogen-bond donors (Lipinski definition) is 2. The van der Waals surface area contributed by atoms with Gasteiger partial charge in [0.2, 0.25) is 0 Å². The van der Waals surface area contributed by atoms with Crippen LogP contribution in [0.3, 0.4) is 0 Å². The summed E-state index contributed by atoms with van der Waals surface area (Å²) in [6, 6.07) is 7.11. The van der Waals surface area contributed by atoms with Crippen molar-refractivity contribution in [2.24, 2.45) is 5.73 Å². The van der Waals surface area contributed by atoms with Crippen molar-refractivity contribution < 1.29 is 9.90 Å². The minimum absolute atomic E-state index is 0.429. The van der Waals surface area contributed by atoms with Gasteiger partial charge in [0.25, 0.3) is 0 Å². The monoisotopic (exact) mass is 294 g/mol. The van der Waals surface area contributed by atoms with E-state index in [4.69, 9.17) is 10.8 Å². The molecule has 4 nitrogen and oxygen atoms in total. The zero-order chi connectivity index (χ0) is 13.8. The van der Waals surface area contributed by atoms with Gasteiger partial charge in [-0.25, -0.2) is 4.98 Å². The van der Waals surface area contributed by atoms with E-state index >= 15 is 0 Å². The van der Waals surface area contributed by atoms with Crippen molar-refractivity contribution in [2.45, 2.75) is 23.6 Å². The molecular weight excluding hydrogens is 280 g/mol.